The predicted octanol–water partition coefficient (Wildman–Crippen LogP) is 2.49. The lowest BCUT2D eigenvalue weighted by Crippen LogP contribution is -2.12. The van der Waals surface area contributed by atoms with Crippen molar-refractivity contribution < 1.29 is 9.53 Å². The number of hydrogen-bond acceptors (Lipinski definition) is 5. The van der Waals surface area contributed by atoms with Crippen molar-refractivity contribution in [2.75, 3.05) is 0 Å². The molecule has 2 rings (SSSR count). The third-order valence-corrected chi connectivity index (χ3v) is 2.49. The number of aromatic nitrogens is 2. The molecular weight excluding hydrogens is 254 g/mol. The van der Waals surface area contributed by atoms with E-state index in [1.807, 2.05) is 6.07 Å². The molecule has 0 aliphatic rings. The summed E-state index contributed by atoms with van der Waals surface area (Å²) in [6, 6.07) is 7.18. The van der Waals surface area contributed by atoms with E-state index in [4.69, 9.17) is 10.00 Å². The van der Waals surface area contributed by atoms with Gasteiger partial charge < -0.3 is 4.74 Å². The number of carbonyl (C=O) groups excluding carboxylic acids is 1. The standard InChI is InChI=1S/C15H13N3O2/c1-10(2)20-15(19)12(9-16)7-11-3-4-13-14(8-11)18-6-5-17-13/h3-8,10H,1-2H3/b12-7+. The average Bonchev–Trinajstić information content (AvgIpc) is 2.43. The van der Waals surface area contributed by atoms with Crippen LogP contribution in [-0.4, -0.2) is 22.0 Å². The van der Waals surface area contributed by atoms with Crippen LogP contribution in [0.4, 0.5) is 0 Å². The summed E-state index contributed by atoms with van der Waals surface area (Å²) in [5, 5.41) is 9.04. The van der Waals surface area contributed by atoms with Crippen LogP contribution in [0, 0.1) is 11.3 Å². The van der Waals surface area contributed by atoms with E-state index in [2.05, 4.69) is 9.97 Å². The zero-order chi connectivity index (χ0) is 14.5. The van der Waals surface area contributed by atoms with Gasteiger partial charge in [-0.2, -0.15) is 5.26 Å². The Morgan fingerprint density at radius 2 is 2.00 bits per heavy atom. The van der Waals surface area contributed by atoms with E-state index in [-0.39, 0.29) is 11.7 Å². The summed E-state index contributed by atoms with van der Waals surface area (Å²) in [6.45, 7) is 3.47. The van der Waals surface area contributed by atoms with Crippen molar-refractivity contribution in [1.29, 1.82) is 5.26 Å². The van der Waals surface area contributed by atoms with E-state index < -0.39 is 5.97 Å². The van der Waals surface area contributed by atoms with Crippen LogP contribution >= 0.6 is 0 Å². The Labute approximate surface area is 116 Å². The Balaban J connectivity index is 2.35. The van der Waals surface area contributed by atoms with Crippen molar-refractivity contribution >= 4 is 23.1 Å². The number of fused-ring (bicyclic) bond motifs is 1. The van der Waals surface area contributed by atoms with Gasteiger partial charge in [-0.1, -0.05) is 6.07 Å². The van der Waals surface area contributed by atoms with Crippen LogP contribution in [0.5, 0.6) is 0 Å². The van der Waals surface area contributed by atoms with E-state index in [1.54, 1.807) is 44.4 Å². The Morgan fingerprint density at radius 1 is 1.30 bits per heavy atom. The largest absolute Gasteiger partial charge is 0.459 e. The Hall–Kier alpha value is -2.74. The van der Waals surface area contributed by atoms with Gasteiger partial charge in [0.15, 0.2) is 0 Å². The first-order chi connectivity index (χ1) is 9.60. The SMILES string of the molecule is CC(C)OC(=O)/C(C#N)=C/c1ccc2nccnc2c1. The second-order valence-corrected chi connectivity index (χ2v) is 4.43. The Bertz CT molecular complexity index is 714. The molecular formula is C15H13N3O2. The van der Waals surface area contributed by atoms with Gasteiger partial charge in [0.05, 0.1) is 17.1 Å². The number of carbonyl (C=O) groups is 1. The van der Waals surface area contributed by atoms with Crippen molar-refractivity contribution in [2.24, 2.45) is 0 Å². The smallest absolute Gasteiger partial charge is 0.349 e. The number of ether oxygens (including phenoxy) is 1. The second kappa shape index (κ2) is 5.93. The van der Waals surface area contributed by atoms with Crippen molar-refractivity contribution in [3.63, 3.8) is 0 Å². The summed E-state index contributed by atoms with van der Waals surface area (Å²) < 4.78 is 5.01. The molecule has 0 unspecified atom stereocenters. The highest BCUT2D eigenvalue weighted by Gasteiger charge is 2.12. The van der Waals surface area contributed by atoms with E-state index in [0.717, 1.165) is 5.52 Å². The molecule has 0 saturated heterocycles. The maximum absolute atomic E-state index is 11.7. The molecule has 0 N–H and O–H groups in total. The van der Waals surface area contributed by atoms with Crippen LogP contribution in [0.15, 0.2) is 36.2 Å². The molecule has 5 nitrogen and oxygen atoms in total. The molecule has 1 heterocycles. The van der Waals surface area contributed by atoms with Crippen molar-refractivity contribution in [2.45, 2.75) is 20.0 Å². The van der Waals surface area contributed by atoms with E-state index in [9.17, 15) is 4.79 Å². The van der Waals surface area contributed by atoms with Gasteiger partial charge in [0, 0.05) is 12.4 Å². The number of rotatable bonds is 3. The van der Waals surface area contributed by atoms with Gasteiger partial charge in [-0.3, -0.25) is 9.97 Å². The topological polar surface area (TPSA) is 75.9 Å². The Morgan fingerprint density at radius 3 is 2.65 bits per heavy atom. The van der Waals surface area contributed by atoms with Crippen LogP contribution in [0.3, 0.4) is 0 Å². The van der Waals surface area contributed by atoms with Crippen molar-refractivity contribution in [1.82, 2.24) is 9.97 Å². The molecule has 20 heavy (non-hydrogen) atoms. The molecule has 100 valence electrons. The minimum absolute atomic E-state index is 0.0399. The summed E-state index contributed by atoms with van der Waals surface area (Å²) in [5.74, 6) is -0.623. The molecule has 5 heteroatoms. The molecule has 2 aromatic rings. The van der Waals surface area contributed by atoms with Gasteiger partial charge in [-0.25, -0.2) is 4.79 Å². The molecule has 1 aromatic heterocycles. The van der Waals surface area contributed by atoms with Crippen LogP contribution in [0.2, 0.25) is 0 Å². The molecule has 0 radical (unpaired) electrons. The summed E-state index contributed by atoms with van der Waals surface area (Å²) in [7, 11) is 0. The van der Waals surface area contributed by atoms with Crippen LogP contribution < -0.4 is 0 Å². The minimum Gasteiger partial charge on any atom is -0.459 e. The third kappa shape index (κ3) is 3.18. The monoisotopic (exact) mass is 267 g/mol. The quantitative estimate of drug-likeness (QED) is 0.485. The molecule has 1 aromatic carbocycles. The average molecular weight is 267 g/mol. The van der Waals surface area contributed by atoms with Gasteiger partial charge in [-0.05, 0) is 37.6 Å². The summed E-state index contributed by atoms with van der Waals surface area (Å²) >= 11 is 0. The molecule has 0 spiro atoms. The maximum atomic E-state index is 11.7. The van der Waals surface area contributed by atoms with E-state index >= 15 is 0 Å². The molecule has 0 bridgehead atoms. The first-order valence-electron chi connectivity index (χ1n) is 6.13. The Kier molecular flexibility index (Phi) is 4.06. The fourth-order valence-electron chi connectivity index (χ4n) is 1.65. The minimum atomic E-state index is -0.623. The van der Waals surface area contributed by atoms with Crippen LogP contribution in [0.1, 0.15) is 19.4 Å². The summed E-state index contributed by atoms with van der Waals surface area (Å²) in [4.78, 5) is 20.0. The van der Waals surface area contributed by atoms with Crippen molar-refractivity contribution in [3.8, 4) is 6.07 Å². The lowest BCUT2D eigenvalue weighted by Gasteiger charge is -2.06. The molecule has 0 saturated carbocycles. The van der Waals surface area contributed by atoms with Crippen LogP contribution in [0.25, 0.3) is 17.1 Å². The number of nitrogens with zero attached hydrogens (tertiary/aromatic N) is 3. The molecule has 0 aliphatic carbocycles. The normalized spacial score (nSPS) is 11.4. The fraction of sp³-hybridized carbons (Fsp3) is 0.200. The zero-order valence-electron chi connectivity index (χ0n) is 11.2. The molecule has 0 amide bonds. The first-order valence-corrected chi connectivity index (χ1v) is 6.13. The number of hydrogen-bond donors (Lipinski definition) is 0. The highest BCUT2D eigenvalue weighted by molar-refractivity contribution is 5.98. The summed E-state index contributed by atoms with van der Waals surface area (Å²) in [6.07, 6.45) is 4.42. The molecule has 0 atom stereocenters. The second-order valence-electron chi connectivity index (χ2n) is 4.43. The number of benzene rings is 1. The lowest BCUT2D eigenvalue weighted by molar-refractivity contribution is -0.142. The highest BCUT2D eigenvalue weighted by atomic mass is 16.5. The van der Waals surface area contributed by atoms with Gasteiger partial charge in [0.1, 0.15) is 11.6 Å². The molecule has 0 fully saturated rings. The lowest BCUT2D eigenvalue weighted by atomic mass is 10.1. The van der Waals surface area contributed by atoms with Gasteiger partial charge in [0.25, 0.3) is 0 Å². The highest BCUT2D eigenvalue weighted by Crippen LogP contribution is 2.14. The van der Waals surface area contributed by atoms with Crippen LogP contribution in [-0.2, 0) is 9.53 Å². The van der Waals surface area contributed by atoms with Crippen molar-refractivity contribution in [3.05, 3.63) is 41.7 Å². The maximum Gasteiger partial charge on any atom is 0.349 e. The van der Waals surface area contributed by atoms with E-state index in [1.165, 1.54) is 6.08 Å². The number of esters is 1. The zero-order valence-corrected chi connectivity index (χ0v) is 11.2. The third-order valence-electron chi connectivity index (χ3n) is 2.49. The summed E-state index contributed by atoms with van der Waals surface area (Å²) in [5.41, 5.74) is 2.13. The fourth-order valence-corrected chi connectivity index (χ4v) is 1.65. The van der Waals surface area contributed by atoms with Gasteiger partial charge in [-0.15, -0.1) is 0 Å². The number of nitriles is 1. The van der Waals surface area contributed by atoms with Gasteiger partial charge >= 0.3 is 5.97 Å². The first kappa shape index (κ1) is 13.7. The predicted molar refractivity (Wildman–Crippen MR) is 74.4 cm³/mol. The molecule has 0 aliphatic heterocycles. The van der Waals surface area contributed by atoms with E-state index in [0.29, 0.717) is 11.1 Å². The van der Waals surface area contributed by atoms with Gasteiger partial charge in [0.2, 0.25) is 0 Å².